The highest BCUT2D eigenvalue weighted by molar-refractivity contribution is 6.26. The summed E-state index contributed by atoms with van der Waals surface area (Å²) in [7, 11) is 0. The van der Waals surface area contributed by atoms with E-state index in [9.17, 15) is 0 Å². The van der Waals surface area contributed by atoms with E-state index in [1.54, 1.807) is 0 Å². The van der Waals surface area contributed by atoms with Crippen molar-refractivity contribution in [1.82, 2.24) is 9.97 Å². The summed E-state index contributed by atoms with van der Waals surface area (Å²) in [4.78, 5) is 10.4. The van der Waals surface area contributed by atoms with E-state index in [4.69, 9.17) is 9.97 Å². The van der Waals surface area contributed by atoms with Gasteiger partial charge in [-0.2, -0.15) is 0 Å². The van der Waals surface area contributed by atoms with Gasteiger partial charge in [0.1, 0.15) is 0 Å². The molecule has 0 spiro atoms. The van der Waals surface area contributed by atoms with Crippen LogP contribution in [-0.4, -0.2) is 9.97 Å². The molecule has 0 saturated heterocycles. The Labute approximate surface area is 276 Å². The Hall–Kier alpha value is -6.38. The Morgan fingerprint density at radius 1 is 0.271 bits per heavy atom. The fraction of sp³-hybridized carbons (Fsp3) is 0. The predicted molar refractivity (Wildman–Crippen MR) is 202 cm³/mol. The van der Waals surface area contributed by atoms with Gasteiger partial charge in [-0.25, -0.2) is 9.97 Å². The zero-order valence-corrected chi connectivity index (χ0v) is 25.9. The molecule has 0 amide bonds. The summed E-state index contributed by atoms with van der Waals surface area (Å²) in [5.41, 5.74) is 11.5. The Morgan fingerprint density at radius 2 is 0.729 bits per heavy atom. The molecular formula is C46H26N2. The van der Waals surface area contributed by atoms with Crippen molar-refractivity contribution in [2.24, 2.45) is 0 Å². The molecule has 8 aromatic carbocycles. The molecule has 10 aromatic rings. The maximum atomic E-state index is 5.24. The van der Waals surface area contributed by atoms with Crippen LogP contribution in [0, 0.1) is 0 Å². The maximum Gasteiger partial charge on any atom is 0.0716 e. The van der Waals surface area contributed by atoms with Crippen molar-refractivity contribution in [2.45, 2.75) is 0 Å². The first-order valence-corrected chi connectivity index (χ1v) is 16.5. The van der Waals surface area contributed by atoms with Crippen molar-refractivity contribution < 1.29 is 0 Å². The molecule has 2 heterocycles. The number of hydrogen-bond acceptors (Lipinski definition) is 2. The monoisotopic (exact) mass is 606 g/mol. The highest BCUT2D eigenvalue weighted by Gasteiger charge is 2.24. The molecule has 0 unspecified atom stereocenters. The van der Waals surface area contributed by atoms with E-state index in [2.05, 4.69) is 158 Å². The first-order valence-electron chi connectivity index (χ1n) is 16.5. The van der Waals surface area contributed by atoms with Gasteiger partial charge in [-0.1, -0.05) is 109 Å². The van der Waals surface area contributed by atoms with Gasteiger partial charge in [0.15, 0.2) is 0 Å². The fourth-order valence-corrected chi connectivity index (χ4v) is 8.14. The van der Waals surface area contributed by atoms with Gasteiger partial charge in [0, 0.05) is 21.9 Å². The second kappa shape index (κ2) is 9.57. The molecule has 48 heavy (non-hydrogen) atoms. The molecule has 1 aliphatic carbocycles. The molecular weight excluding hydrogens is 581 g/mol. The third-order valence-corrected chi connectivity index (χ3v) is 10.3. The zero-order valence-electron chi connectivity index (χ0n) is 25.9. The van der Waals surface area contributed by atoms with Crippen LogP contribution in [0.15, 0.2) is 158 Å². The third-order valence-electron chi connectivity index (χ3n) is 10.3. The molecule has 0 radical (unpaired) electrons. The van der Waals surface area contributed by atoms with E-state index in [0.717, 1.165) is 44.3 Å². The number of pyridine rings is 2. The number of aromatic nitrogens is 2. The van der Waals surface area contributed by atoms with Crippen LogP contribution in [0.2, 0.25) is 0 Å². The number of nitrogens with zero attached hydrogens (tertiary/aromatic N) is 2. The largest absolute Gasteiger partial charge is 0.248 e. The van der Waals surface area contributed by atoms with Crippen LogP contribution in [-0.2, 0) is 0 Å². The number of hydrogen-bond donors (Lipinski definition) is 0. The van der Waals surface area contributed by atoms with Gasteiger partial charge in [-0.15, -0.1) is 0 Å². The van der Waals surface area contributed by atoms with Crippen LogP contribution in [0.4, 0.5) is 0 Å². The van der Waals surface area contributed by atoms with E-state index in [1.807, 2.05) is 0 Å². The topological polar surface area (TPSA) is 25.8 Å². The van der Waals surface area contributed by atoms with Crippen molar-refractivity contribution in [3.63, 3.8) is 0 Å². The smallest absolute Gasteiger partial charge is 0.0716 e. The standard InChI is InChI=1S/C46H26N2/c1-5-17-42-27(9-1)19-21-44(47-42)40-26-38-34(30-13-3-4-14-31(30)40)25-41(45-22-20-28-10-2-6-18-43(28)48-45)39-24-36-33-16-8-12-29-11-7-15-32(46(29)33)35(36)23-37(38)39/h1-26H. The molecule has 0 fully saturated rings. The SMILES string of the molecule is c1ccc2nc(-c3cc4c5cc6c(cc5c(-c5ccc7ccccc7n5)cc4c4ccccc34)-c3cccc4cccc-6c34)ccc2c1. The van der Waals surface area contributed by atoms with Gasteiger partial charge >= 0.3 is 0 Å². The first kappa shape index (κ1) is 25.8. The molecule has 11 rings (SSSR count). The molecule has 0 bridgehead atoms. The summed E-state index contributed by atoms with van der Waals surface area (Å²) >= 11 is 0. The lowest BCUT2D eigenvalue weighted by atomic mass is 9.87. The van der Waals surface area contributed by atoms with Crippen LogP contribution in [0.1, 0.15) is 0 Å². The maximum absolute atomic E-state index is 5.24. The highest BCUT2D eigenvalue weighted by Crippen LogP contribution is 2.51. The molecule has 1 aliphatic rings. The Kier molecular flexibility index (Phi) is 5.14. The molecule has 0 saturated carbocycles. The van der Waals surface area contributed by atoms with Gasteiger partial charge in [-0.3, -0.25) is 0 Å². The van der Waals surface area contributed by atoms with Gasteiger partial charge in [-0.05, 0) is 114 Å². The summed E-state index contributed by atoms with van der Waals surface area (Å²) in [6, 6.07) is 57.2. The average Bonchev–Trinajstić information content (AvgIpc) is 3.47. The van der Waals surface area contributed by atoms with Gasteiger partial charge < -0.3 is 0 Å². The average molecular weight is 607 g/mol. The second-order valence-corrected chi connectivity index (χ2v) is 12.9. The Bertz CT molecular complexity index is 3000. The third kappa shape index (κ3) is 3.57. The lowest BCUT2D eigenvalue weighted by molar-refractivity contribution is 1.41. The van der Waals surface area contributed by atoms with Crippen LogP contribution in [0.25, 0.3) is 110 Å². The quantitative estimate of drug-likeness (QED) is 0.183. The Balaban J connectivity index is 1.30. The summed E-state index contributed by atoms with van der Waals surface area (Å²) in [6.07, 6.45) is 0. The van der Waals surface area contributed by atoms with Crippen molar-refractivity contribution in [2.75, 3.05) is 0 Å². The van der Waals surface area contributed by atoms with Crippen molar-refractivity contribution >= 4 is 64.9 Å². The minimum Gasteiger partial charge on any atom is -0.248 e. The van der Waals surface area contributed by atoms with E-state index in [-0.39, 0.29) is 0 Å². The number of fused-ring (bicyclic) bond motifs is 10. The first-order chi connectivity index (χ1) is 23.8. The molecule has 0 N–H and O–H groups in total. The van der Waals surface area contributed by atoms with Crippen molar-refractivity contribution in [3.8, 4) is 44.8 Å². The second-order valence-electron chi connectivity index (χ2n) is 12.9. The van der Waals surface area contributed by atoms with Crippen LogP contribution >= 0.6 is 0 Å². The van der Waals surface area contributed by atoms with Crippen LogP contribution in [0.3, 0.4) is 0 Å². The van der Waals surface area contributed by atoms with Crippen molar-refractivity contribution in [1.29, 1.82) is 0 Å². The van der Waals surface area contributed by atoms with E-state index >= 15 is 0 Å². The molecule has 2 nitrogen and oxygen atoms in total. The number of para-hydroxylation sites is 2. The summed E-state index contributed by atoms with van der Waals surface area (Å²) in [5, 5.41) is 12.2. The molecule has 2 heteroatoms. The number of rotatable bonds is 2. The van der Waals surface area contributed by atoms with E-state index < -0.39 is 0 Å². The fourth-order valence-electron chi connectivity index (χ4n) is 8.14. The predicted octanol–water partition coefficient (Wildman–Crippen LogP) is 12.4. The molecule has 220 valence electrons. The van der Waals surface area contributed by atoms with Gasteiger partial charge in [0.2, 0.25) is 0 Å². The van der Waals surface area contributed by atoms with Gasteiger partial charge in [0.05, 0.1) is 22.4 Å². The molecule has 2 aromatic heterocycles. The summed E-state index contributed by atoms with van der Waals surface area (Å²) < 4.78 is 0. The normalized spacial score (nSPS) is 12.2. The highest BCUT2D eigenvalue weighted by atomic mass is 14.7. The summed E-state index contributed by atoms with van der Waals surface area (Å²) in [5.74, 6) is 0. The zero-order chi connectivity index (χ0) is 31.3. The number of benzene rings is 8. The van der Waals surface area contributed by atoms with E-state index in [1.165, 1.54) is 65.3 Å². The minimum atomic E-state index is 0.985. The summed E-state index contributed by atoms with van der Waals surface area (Å²) in [6.45, 7) is 0. The van der Waals surface area contributed by atoms with Gasteiger partial charge in [0.25, 0.3) is 0 Å². The minimum absolute atomic E-state index is 0.985. The Morgan fingerprint density at radius 3 is 1.38 bits per heavy atom. The lowest BCUT2D eigenvalue weighted by Gasteiger charge is -2.17. The lowest BCUT2D eigenvalue weighted by Crippen LogP contribution is -1.93. The molecule has 0 atom stereocenters. The van der Waals surface area contributed by atoms with E-state index in [0.29, 0.717) is 0 Å². The van der Waals surface area contributed by atoms with Crippen LogP contribution in [0.5, 0.6) is 0 Å². The molecule has 0 aliphatic heterocycles. The van der Waals surface area contributed by atoms with Crippen LogP contribution < -0.4 is 0 Å². The van der Waals surface area contributed by atoms with Crippen molar-refractivity contribution in [3.05, 3.63) is 158 Å².